The molecule has 0 aliphatic heterocycles. The molecule has 1 aromatic rings. The lowest BCUT2D eigenvalue weighted by molar-refractivity contribution is -0.0641. The first-order chi connectivity index (χ1) is 9.47. The largest absolute Gasteiger partial charge is 0.465 e. The van der Waals surface area contributed by atoms with Gasteiger partial charge in [0.2, 0.25) is 0 Å². The molecule has 1 rings (SSSR count). The van der Waals surface area contributed by atoms with Gasteiger partial charge in [-0.1, -0.05) is 0 Å². The molecule has 2 atom stereocenters. The quantitative estimate of drug-likeness (QED) is 0.658. The molecule has 0 spiro atoms. The van der Waals surface area contributed by atoms with E-state index in [4.69, 9.17) is 18.9 Å². The number of rotatable bonds is 8. The van der Waals surface area contributed by atoms with Crippen molar-refractivity contribution < 1.29 is 18.9 Å². The predicted molar refractivity (Wildman–Crippen MR) is 82.3 cm³/mol. The summed E-state index contributed by atoms with van der Waals surface area (Å²) in [5.74, 6) is 1.51. The molecule has 0 amide bonds. The van der Waals surface area contributed by atoms with Gasteiger partial charge in [-0.2, -0.15) is 0 Å². The SMILES string of the molecule is CCOC(C)Oc1cc(Br)c(OC(C)OCC)cc1C. The van der Waals surface area contributed by atoms with Crippen molar-refractivity contribution in [2.45, 2.75) is 47.2 Å². The Kier molecular flexibility index (Phi) is 7.34. The number of ether oxygens (including phenoxy) is 4. The summed E-state index contributed by atoms with van der Waals surface area (Å²) >= 11 is 3.49. The first-order valence-corrected chi connectivity index (χ1v) is 7.63. The fraction of sp³-hybridized carbons (Fsp3) is 0.600. The molecule has 0 radical (unpaired) electrons. The Morgan fingerprint density at radius 3 is 1.95 bits per heavy atom. The molecule has 0 saturated carbocycles. The maximum absolute atomic E-state index is 5.73. The molecule has 0 aliphatic carbocycles. The molecule has 0 fully saturated rings. The van der Waals surface area contributed by atoms with Gasteiger partial charge in [0.1, 0.15) is 11.5 Å². The zero-order valence-corrected chi connectivity index (χ0v) is 14.3. The van der Waals surface area contributed by atoms with Crippen LogP contribution in [-0.4, -0.2) is 25.8 Å². The van der Waals surface area contributed by atoms with E-state index in [-0.39, 0.29) is 12.6 Å². The van der Waals surface area contributed by atoms with Crippen molar-refractivity contribution in [1.82, 2.24) is 0 Å². The van der Waals surface area contributed by atoms with E-state index in [1.807, 2.05) is 46.8 Å². The van der Waals surface area contributed by atoms with Crippen LogP contribution in [0.4, 0.5) is 0 Å². The highest BCUT2D eigenvalue weighted by atomic mass is 79.9. The molecular weight excluding hydrogens is 324 g/mol. The molecule has 0 aromatic heterocycles. The molecule has 2 unspecified atom stereocenters. The summed E-state index contributed by atoms with van der Waals surface area (Å²) in [6.07, 6.45) is -0.565. The van der Waals surface area contributed by atoms with E-state index in [9.17, 15) is 0 Å². The van der Waals surface area contributed by atoms with Crippen LogP contribution in [0, 0.1) is 6.92 Å². The smallest absolute Gasteiger partial charge is 0.197 e. The fourth-order valence-corrected chi connectivity index (χ4v) is 2.16. The van der Waals surface area contributed by atoms with Gasteiger partial charge in [0.25, 0.3) is 0 Å². The summed E-state index contributed by atoms with van der Waals surface area (Å²) in [7, 11) is 0. The number of halogens is 1. The highest BCUT2D eigenvalue weighted by Gasteiger charge is 2.13. The number of hydrogen-bond donors (Lipinski definition) is 0. The topological polar surface area (TPSA) is 36.9 Å². The summed E-state index contributed by atoms with van der Waals surface area (Å²) in [5.41, 5.74) is 0.985. The maximum Gasteiger partial charge on any atom is 0.197 e. The summed E-state index contributed by atoms with van der Waals surface area (Å²) in [4.78, 5) is 0. The third-order valence-electron chi connectivity index (χ3n) is 2.62. The lowest BCUT2D eigenvalue weighted by atomic mass is 10.2. The summed E-state index contributed by atoms with van der Waals surface area (Å²) in [6, 6.07) is 3.81. The van der Waals surface area contributed by atoms with Gasteiger partial charge in [-0.25, -0.2) is 0 Å². The average molecular weight is 347 g/mol. The Labute approximate surface area is 129 Å². The minimum atomic E-state index is -0.287. The van der Waals surface area contributed by atoms with Crippen molar-refractivity contribution >= 4 is 15.9 Å². The molecule has 0 aliphatic rings. The summed E-state index contributed by atoms with van der Waals surface area (Å²) in [6.45, 7) is 10.8. The molecule has 0 heterocycles. The molecular formula is C15H23BrO4. The Balaban J connectivity index is 2.80. The van der Waals surface area contributed by atoms with Crippen LogP contribution < -0.4 is 9.47 Å². The zero-order valence-electron chi connectivity index (χ0n) is 12.7. The van der Waals surface area contributed by atoms with Crippen molar-refractivity contribution in [2.24, 2.45) is 0 Å². The Morgan fingerprint density at radius 1 is 0.950 bits per heavy atom. The van der Waals surface area contributed by atoms with Crippen LogP contribution in [0.2, 0.25) is 0 Å². The second-order valence-corrected chi connectivity index (χ2v) is 5.18. The molecule has 5 heteroatoms. The van der Waals surface area contributed by atoms with Crippen molar-refractivity contribution in [3.63, 3.8) is 0 Å². The van der Waals surface area contributed by atoms with Crippen LogP contribution in [0.15, 0.2) is 16.6 Å². The van der Waals surface area contributed by atoms with E-state index in [0.29, 0.717) is 13.2 Å². The first kappa shape index (κ1) is 17.3. The number of aryl methyl sites for hydroxylation is 1. The fourth-order valence-electron chi connectivity index (χ4n) is 1.75. The number of benzene rings is 1. The van der Waals surface area contributed by atoms with E-state index >= 15 is 0 Å². The molecule has 4 nitrogen and oxygen atoms in total. The van der Waals surface area contributed by atoms with Gasteiger partial charge in [0.15, 0.2) is 12.6 Å². The van der Waals surface area contributed by atoms with Gasteiger partial charge in [-0.05, 0) is 68.2 Å². The molecule has 1 aromatic carbocycles. The number of hydrogen-bond acceptors (Lipinski definition) is 4. The first-order valence-electron chi connectivity index (χ1n) is 6.84. The Bertz CT molecular complexity index is 383. The Hall–Kier alpha value is -0.780. The van der Waals surface area contributed by atoms with E-state index < -0.39 is 0 Å². The molecule has 20 heavy (non-hydrogen) atoms. The van der Waals surface area contributed by atoms with Crippen LogP contribution >= 0.6 is 15.9 Å². The standard InChI is InChI=1S/C15H23BrO4/c1-6-17-11(4)19-14-9-13(16)15(8-10(14)3)20-12(5)18-7-2/h8-9,11-12H,6-7H2,1-5H3. The van der Waals surface area contributed by atoms with Crippen molar-refractivity contribution in [2.75, 3.05) is 13.2 Å². The highest BCUT2D eigenvalue weighted by Crippen LogP contribution is 2.33. The van der Waals surface area contributed by atoms with Gasteiger partial charge in [-0.15, -0.1) is 0 Å². The second-order valence-electron chi connectivity index (χ2n) is 4.33. The maximum atomic E-state index is 5.73. The predicted octanol–water partition coefficient (Wildman–Crippen LogP) is 4.28. The van der Waals surface area contributed by atoms with Crippen LogP contribution in [0.1, 0.15) is 33.3 Å². The van der Waals surface area contributed by atoms with Crippen LogP contribution in [0.5, 0.6) is 11.5 Å². The summed E-state index contributed by atoms with van der Waals surface area (Å²) < 4.78 is 23.0. The molecule has 0 N–H and O–H groups in total. The Morgan fingerprint density at radius 2 is 1.45 bits per heavy atom. The molecule has 0 bridgehead atoms. The van der Waals surface area contributed by atoms with Crippen LogP contribution in [-0.2, 0) is 9.47 Å². The van der Waals surface area contributed by atoms with E-state index in [2.05, 4.69) is 15.9 Å². The van der Waals surface area contributed by atoms with Gasteiger partial charge >= 0.3 is 0 Å². The van der Waals surface area contributed by atoms with Gasteiger partial charge < -0.3 is 18.9 Å². The third-order valence-corrected chi connectivity index (χ3v) is 3.24. The normalized spacial score (nSPS) is 13.9. The minimum absolute atomic E-state index is 0.278. The summed E-state index contributed by atoms with van der Waals surface area (Å²) in [5, 5.41) is 0. The van der Waals surface area contributed by atoms with Gasteiger partial charge in [0, 0.05) is 13.2 Å². The van der Waals surface area contributed by atoms with E-state index in [1.165, 1.54) is 0 Å². The minimum Gasteiger partial charge on any atom is -0.465 e. The van der Waals surface area contributed by atoms with Gasteiger partial charge in [0.05, 0.1) is 4.47 Å². The zero-order chi connectivity index (χ0) is 15.1. The third kappa shape index (κ3) is 5.31. The van der Waals surface area contributed by atoms with Crippen molar-refractivity contribution in [3.05, 3.63) is 22.2 Å². The van der Waals surface area contributed by atoms with Gasteiger partial charge in [-0.3, -0.25) is 0 Å². The average Bonchev–Trinajstić information content (AvgIpc) is 2.36. The lowest BCUT2D eigenvalue weighted by Crippen LogP contribution is -2.18. The highest BCUT2D eigenvalue weighted by molar-refractivity contribution is 9.10. The molecule has 114 valence electrons. The van der Waals surface area contributed by atoms with Crippen molar-refractivity contribution in [3.8, 4) is 11.5 Å². The monoisotopic (exact) mass is 346 g/mol. The van der Waals surface area contributed by atoms with Crippen LogP contribution in [0.25, 0.3) is 0 Å². The van der Waals surface area contributed by atoms with E-state index in [1.54, 1.807) is 0 Å². The second kappa shape index (κ2) is 8.49. The van der Waals surface area contributed by atoms with Crippen LogP contribution in [0.3, 0.4) is 0 Å². The lowest BCUT2D eigenvalue weighted by Gasteiger charge is -2.19. The molecule has 0 saturated heterocycles. The van der Waals surface area contributed by atoms with E-state index in [0.717, 1.165) is 21.5 Å². The van der Waals surface area contributed by atoms with Crippen molar-refractivity contribution in [1.29, 1.82) is 0 Å².